The van der Waals surface area contributed by atoms with Gasteiger partial charge in [0.15, 0.2) is 0 Å². The van der Waals surface area contributed by atoms with Crippen LogP contribution in [0.25, 0.3) is 10.2 Å². The molecule has 32 heavy (non-hydrogen) atoms. The number of anilines is 1. The van der Waals surface area contributed by atoms with Gasteiger partial charge in [-0.15, -0.1) is 11.3 Å². The summed E-state index contributed by atoms with van der Waals surface area (Å²) in [5, 5.41) is 15.1. The molecule has 0 radical (unpaired) electrons. The van der Waals surface area contributed by atoms with Gasteiger partial charge in [0.25, 0.3) is 0 Å². The summed E-state index contributed by atoms with van der Waals surface area (Å²) >= 11 is 7.80. The van der Waals surface area contributed by atoms with E-state index in [2.05, 4.69) is 35.6 Å². The van der Waals surface area contributed by atoms with Gasteiger partial charge in [-0.1, -0.05) is 41.9 Å². The van der Waals surface area contributed by atoms with Gasteiger partial charge < -0.3 is 10.4 Å². The van der Waals surface area contributed by atoms with Crippen LogP contribution in [0, 0.1) is 0 Å². The van der Waals surface area contributed by atoms with Crippen LogP contribution < -0.4 is 5.32 Å². The summed E-state index contributed by atoms with van der Waals surface area (Å²) in [4.78, 5) is 14.4. The predicted molar refractivity (Wildman–Crippen MR) is 131 cm³/mol. The van der Waals surface area contributed by atoms with Crippen LogP contribution in [-0.2, 0) is 12.8 Å². The van der Waals surface area contributed by atoms with Crippen LogP contribution in [0.3, 0.4) is 0 Å². The number of aromatic nitrogens is 3. The first-order valence-corrected chi connectivity index (χ1v) is 12.2. The molecule has 1 saturated carbocycles. The Balaban J connectivity index is 1.42. The van der Waals surface area contributed by atoms with Gasteiger partial charge in [0.1, 0.15) is 0 Å². The van der Waals surface area contributed by atoms with Crippen molar-refractivity contribution in [1.82, 2.24) is 15.0 Å². The van der Waals surface area contributed by atoms with Crippen LogP contribution in [0.15, 0.2) is 54.6 Å². The lowest BCUT2D eigenvalue weighted by atomic mass is 9.93. The molecular weight excluding hydrogens is 440 g/mol. The van der Waals surface area contributed by atoms with Crippen LogP contribution in [0.2, 0.25) is 5.02 Å². The van der Waals surface area contributed by atoms with E-state index in [-0.39, 0.29) is 6.10 Å². The molecule has 5 rings (SSSR count). The van der Waals surface area contributed by atoms with Crippen LogP contribution in [0.1, 0.15) is 47.6 Å². The third kappa shape index (κ3) is 5.26. The first-order valence-electron chi connectivity index (χ1n) is 11.0. The average molecular weight is 465 g/mol. The standard InChI is InChI=1S/C25H25ClN4OS/c26-17-6-11-22-23(13-17)32-24(30-22)15-20-14-19(12-16-4-2-1-3-5-16)28-25(29-20)27-18-7-9-21(31)10-8-18/h1-6,11,13-14,18,21,31H,7-10,12,15H2,(H,27,28,29). The third-order valence-corrected chi connectivity index (χ3v) is 7.07. The van der Waals surface area contributed by atoms with Crippen LogP contribution in [0.4, 0.5) is 5.95 Å². The second-order valence-corrected chi connectivity index (χ2v) is 9.93. The van der Waals surface area contributed by atoms with E-state index < -0.39 is 0 Å². The Labute approximate surface area is 196 Å². The Morgan fingerprint density at radius 2 is 1.66 bits per heavy atom. The van der Waals surface area contributed by atoms with Crippen molar-refractivity contribution in [3.05, 3.63) is 81.6 Å². The smallest absolute Gasteiger partial charge is 0.223 e. The van der Waals surface area contributed by atoms with E-state index in [1.54, 1.807) is 11.3 Å². The SMILES string of the molecule is OC1CCC(Nc2nc(Cc3ccccc3)cc(Cc3nc4ccc(Cl)cc4s3)n2)CC1. The summed E-state index contributed by atoms with van der Waals surface area (Å²) in [5.74, 6) is 0.666. The lowest BCUT2D eigenvalue weighted by Crippen LogP contribution is -2.29. The minimum Gasteiger partial charge on any atom is -0.393 e. The molecule has 0 amide bonds. The topological polar surface area (TPSA) is 70.9 Å². The van der Waals surface area contributed by atoms with Crippen LogP contribution in [0.5, 0.6) is 0 Å². The molecule has 164 valence electrons. The molecule has 1 aliphatic rings. The molecule has 5 nitrogen and oxygen atoms in total. The monoisotopic (exact) mass is 464 g/mol. The molecule has 0 atom stereocenters. The minimum atomic E-state index is -0.179. The summed E-state index contributed by atoms with van der Waals surface area (Å²) in [7, 11) is 0. The Kier molecular flexibility index (Phi) is 6.35. The van der Waals surface area contributed by atoms with Gasteiger partial charge in [0.05, 0.1) is 32.7 Å². The van der Waals surface area contributed by atoms with Crippen molar-refractivity contribution in [1.29, 1.82) is 0 Å². The van der Waals surface area contributed by atoms with Crippen LogP contribution >= 0.6 is 22.9 Å². The highest BCUT2D eigenvalue weighted by Crippen LogP contribution is 2.27. The number of benzene rings is 2. The Morgan fingerprint density at radius 3 is 2.44 bits per heavy atom. The molecule has 4 aromatic rings. The van der Waals surface area contributed by atoms with Crippen molar-refractivity contribution in [2.75, 3.05) is 5.32 Å². The van der Waals surface area contributed by atoms with E-state index in [0.29, 0.717) is 18.4 Å². The maximum absolute atomic E-state index is 9.81. The molecule has 2 N–H and O–H groups in total. The molecular formula is C25H25ClN4OS. The molecule has 0 saturated heterocycles. The van der Waals surface area contributed by atoms with Crippen molar-refractivity contribution in [3.63, 3.8) is 0 Å². The molecule has 0 unspecified atom stereocenters. The predicted octanol–water partition coefficient (Wildman–Crippen LogP) is 5.64. The molecule has 0 spiro atoms. The number of thiazole rings is 1. The van der Waals surface area contributed by atoms with Gasteiger partial charge in [-0.25, -0.2) is 15.0 Å². The highest BCUT2D eigenvalue weighted by Gasteiger charge is 2.20. The molecule has 2 aromatic heterocycles. The fourth-order valence-electron chi connectivity index (χ4n) is 4.18. The van der Waals surface area contributed by atoms with E-state index in [4.69, 9.17) is 26.6 Å². The van der Waals surface area contributed by atoms with E-state index in [1.807, 2.05) is 24.3 Å². The fourth-order valence-corrected chi connectivity index (χ4v) is 5.44. The molecule has 2 aromatic carbocycles. The van der Waals surface area contributed by atoms with E-state index in [9.17, 15) is 5.11 Å². The molecule has 2 heterocycles. The number of aliphatic hydroxyl groups is 1. The van der Waals surface area contributed by atoms with E-state index in [0.717, 1.165) is 63.7 Å². The van der Waals surface area contributed by atoms with Gasteiger partial charge >= 0.3 is 0 Å². The first kappa shape index (κ1) is 21.3. The van der Waals surface area contributed by atoms with Crippen molar-refractivity contribution >= 4 is 39.1 Å². The number of nitrogens with zero attached hydrogens (tertiary/aromatic N) is 3. The largest absolute Gasteiger partial charge is 0.393 e. The lowest BCUT2D eigenvalue weighted by Gasteiger charge is -2.26. The Bertz CT molecular complexity index is 1210. The second kappa shape index (κ2) is 9.53. The van der Waals surface area contributed by atoms with Crippen LogP contribution in [-0.4, -0.2) is 32.2 Å². The van der Waals surface area contributed by atoms with Gasteiger partial charge in [-0.3, -0.25) is 0 Å². The van der Waals surface area contributed by atoms with Gasteiger partial charge in [-0.05, 0) is 55.5 Å². The second-order valence-electron chi connectivity index (χ2n) is 8.38. The Morgan fingerprint density at radius 1 is 0.906 bits per heavy atom. The summed E-state index contributed by atoms with van der Waals surface area (Å²) in [6.07, 6.45) is 4.73. The van der Waals surface area contributed by atoms with Crippen molar-refractivity contribution in [2.24, 2.45) is 0 Å². The van der Waals surface area contributed by atoms with Crippen molar-refractivity contribution in [3.8, 4) is 0 Å². The fraction of sp³-hybridized carbons (Fsp3) is 0.320. The summed E-state index contributed by atoms with van der Waals surface area (Å²) < 4.78 is 1.09. The van der Waals surface area contributed by atoms with E-state index >= 15 is 0 Å². The molecule has 1 aliphatic carbocycles. The average Bonchev–Trinajstić information content (AvgIpc) is 3.17. The zero-order valence-electron chi connectivity index (χ0n) is 17.7. The molecule has 0 bridgehead atoms. The number of rotatable bonds is 6. The number of hydrogen-bond donors (Lipinski definition) is 2. The summed E-state index contributed by atoms with van der Waals surface area (Å²) in [6, 6.07) is 18.5. The highest BCUT2D eigenvalue weighted by molar-refractivity contribution is 7.18. The summed E-state index contributed by atoms with van der Waals surface area (Å²) in [5.41, 5.74) is 4.13. The maximum Gasteiger partial charge on any atom is 0.223 e. The van der Waals surface area contributed by atoms with Gasteiger partial charge in [-0.2, -0.15) is 0 Å². The zero-order valence-corrected chi connectivity index (χ0v) is 19.2. The molecule has 0 aliphatic heterocycles. The minimum absolute atomic E-state index is 0.179. The number of halogens is 1. The molecule has 7 heteroatoms. The first-order chi connectivity index (χ1) is 15.6. The lowest BCUT2D eigenvalue weighted by molar-refractivity contribution is 0.126. The highest BCUT2D eigenvalue weighted by atomic mass is 35.5. The number of nitrogens with one attached hydrogen (secondary N) is 1. The van der Waals surface area contributed by atoms with Crippen molar-refractivity contribution in [2.45, 2.75) is 50.7 Å². The molecule has 1 fully saturated rings. The Hall–Kier alpha value is -2.54. The summed E-state index contributed by atoms with van der Waals surface area (Å²) in [6.45, 7) is 0. The van der Waals surface area contributed by atoms with E-state index in [1.165, 1.54) is 5.56 Å². The quantitative estimate of drug-likeness (QED) is 0.386. The third-order valence-electron chi connectivity index (χ3n) is 5.82. The van der Waals surface area contributed by atoms with Gasteiger partial charge in [0, 0.05) is 23.9 Å². The van der Waals surface area contributed by atoms with Crippen molar-refractivity contribution < 1.29 is 5.11 Å². The number of hydrogen-bond acceptors (Lipinski definition) is 6. The maximum atomic E-state index is 9.81. The number of aliphatic hydroxyl groups excluding tert-OH is 1. The van der Waals surface area contributed by atoms with Gasteiger partial charge in [0.2, 0.25) is 5.95 Å². The number of fused-ring (bicyclic) bond motifs is 1. The normalized spacial score (nSPS) is 18.7. The zero-order chi connectivity index (χ0) is 21.9.